The number of hydrogen-bond acceptors (Lipinski definition) is 1. The number of anilines is 1. The molecule has 0 saturated heterocycles. The quantitative estimate of drug-likeness (QED) is 0.479. The zero-order valence-corrected chi connectivity index (χ0v) is 12.8. The van der Waals surface area contributed by atoms with Crippen molar-refractivity contribution < 1.29 is 4.79 Å². The van der Waals surface area contributed by atoms with Crippen molar-refractivity contribution in [1.82, 2.24) is 0 Å². The molecular formula is C15H18INO. The summed E-state index contributed by atoms with van der Waals surface area (Å²) in [6, 6.07) is 7.67. The van der Waals surface area contributed by atoms with Crippen molar-refractivity contribution in [2.45, 2.75) is 39.0 Å². The first-order valence-corrected chi connectivity index (χ1v) is 7.36. The maximum absolute atomic E-state index is 11.6. The van der Waals surface area contributed by atoms with Crippen LogP contribution in [0.25, 0.3) is 0 Å². The average molecular weight is 355 g/mol. The van der Waals surface area contributed by atoms with Crippen LogP contribution in [0.2, 0.25) is 0 Å². The summed E-state index contributed by atoms with van der Waals surface area (Å²) in [7, 11) is 0. The summed E-state index contributed by atoms with van der Waals surface area (Å²) in [5.74, 6) is 5.32. The molecule has 0 heterocycles. The summed E-state index contributed by atoms with van der Waals surface area (Å²) >= 11 is 2.19. The number of unbranched alkanes of at least 4 members (excludes halogenated alkanes) is 4. The normalized spacial score (nSPS) is 9.44. The highest BCUT2D eigenvalue weighted by molar-refractivity contribution is 14.1. The molecule has 0 atom stereocenters. The molecule has 0 aliphatic rings. The molecule has 0 bridgehead atoms. The second-order valence-electron chi connectivity index (χ2n) is 4.05. The Hall–Kier alpha value is -1.02. The minimum Gasteiger partial charge on any atom is -0.314 e. The number of rotatable bonds is 5. The van der Waals surface area contributed by atoms with E-state index in [4.69, 9.17) is 0 Å². The molecule has 1 aromatic rings. The molecule has 0 aromatic heterocycles. The number of nitrogens with one attached hydrogen (secondary N) is 1. The van der Waals surface area contributed by atoms with Gasteiger partial charge in [-0.25, -0.2) is 0 Å². The zero-order valence-electron chi connectivity index (χ0n) is 10.6. The maximum atomic E-state index is 11.6. The molecular weight excluding hydrogens is 337 g/mol. The van der Waals surface area contributed by atoms with Crippen molar-refractivity contribution in [2.24, 2.45) is 0 Å². The van der Waals surface area contributed by atoms with Gasteiger partial charge in [-0.3, -0.25) is 4.79 Å². The highest BCUT2D eigenvalue weighted by Crippen LogP contribution is 2.16. The lowest BCUT2D eigenvalue weighted by Crippen LogP contribution is -2.09. The van der Waals surface area contributed by atoms with Gasteiger partial charge in [0.15, 0.2) is 0 Å². The SMILES string of the molecule is CCCCCCC#CC(=O)Nc1ccccc1I. The zero-order chi connectivity index (χ0) is 13.2. The molecule has 0 aliphatic heterocycles. The van der Waals surface area contributed by atoms with Crippen molar-refractivity contribution in [2.75, 3.05) is 5.32 Å². The molecule has 1 N–H and O–H groups in total. The predicted molar refractivity (Wildman–Crippen MR) is 84.3 cm³/mol. The minimum atomic E-state index is -0.227. The monoisotopic (exact) mass is 355 g/mol. The lowest BCUT2D eigenvalue weighted by atomic mass is 10.2. The second kappa shape index (κ2) is 8.98. The fraction of sp³-hybridized carbons (Fsp3) is 0.400. The van der Waals surface area contributed by atoms with Gasteiger partial charge >= 0.3 is 0 Å². The Labute approximate surface area is 123 Å². The van der Waals surface area contributed by atoms with Crippen LogP contribution in [0.1, 0.15) is 39.0 Å². The van der Waals surface area contributed by atoms with Crippen molar-refractivity contribution >= 4 is 34.2 Å². The fourth-order valence-electron chi connectivity index (χ4n) is 1.50. The third kappa shape index (κ3) is 6.06. The van der Waals surface area contributed by atoms with E-state index in [9.17, 15) is 4.79 Å². The van der Waals surface area contributed by atoms with Gasteiger partial charge in [-0.05, 0) is 47.1 Å². The topological polar surface area (TPSA) is 29.1 Å². The van der Waals surface area contributed by atoms with E-state index in [1.165, 1.54) is 19.3 Å². The van der Waals surface area contributed by atoms with Gasteiger partial charge in [0.2, 0.25) is 0 Å². The van der Waals surface area contributed by atoms with E-state index in [1.807, 2.05) is 24.3 Å². The highest BCUT2D eigenvalue weighted by Gasteiger charge is 2.00. The number of benzene rings is 1. The van der Waals surface area contributed by atoms with Crippen molar-refractivity contribution in [3.8, 4) is 11.8 Å². The van der Waals surface area contributed by atoms with E-state index in [2.05, 4.69) is 46.7 Å². The molecule has 1 rings (SSSR count). The molecule has 96 valence electrons. The smallest absolute Gasteiger partial charge is 0.300 e. The molecule has 3 heteroatoms. The summed E-state index contributed by atoms with van der Waals surface area (Å²) < 4.78 is 1.02. The lowest BCUT2D eigenvalue weighted by molar-refractivity contribution is -0.111. The standard InChI is InChI=1S/C15H18INO/c1-2-3-4-5-6-7-12-15(18)17-14-11-9-8-10-13(14)16/h8-11H,2-6H2,1H3,(H,17,18). The second-order valence-corrected chi connectivity index (χ2v) is 5.21. The highest BCUT2D eigenvalue weighted by atomic mass is 127. The van der Waals surface area contributed by atoms with Gasteiger partial charge in [-0.2, -0.15) is 0 Å². The number of halogens is 1. The van der Waals surface area contributed by atoms with Crippen molar-refractivity contribution in [3.05, 3.63) is 27.8 Å². The van der Waals surface area contributed by atoms with Gasteiger partial charge < -0.3 is 5.32 Å². The number of carbonyl (C=O) groups excluding carboxylic acids is 1. The molecule has 18 heavy (non-hydrogen) atoms. The van der Waals surface area contributed by atoms with Gasteiger partial charge in [0.05, 0.1) is 5.69 Å². The third-order valence-electron chi connectivity index (χ3n) is 2.48. The molecule has 0 radical (unpaired) electrons. The summed E-state index contributed by atoms with van der Waals surface area (Å²) in [4.78, 5) is 11.6. The van der Waals surface area contributed by atoms with Crippen LogP contribution in [0.5, 0.6) is 0 Å². The van der Waals surface area contributed by atoms with E-state index in [0.29, 0.717) is 0 Å². The lowest BCUT2D eigenvalue weighted by Gasteiger charge is -2.02. The van der Waals surface area contributed by atoms with E-state index in [-0.39, 0.29) is 5.91 Å². The molecule has 1 amide bonds. The Morgan fingerprint density at radius 1 is 1.28 bits per heavy atom. The first kappa shape index (κ1) is 15.0. The number of amides is 1. The van der Waals surface area contributed by atoms with Crippen LogP contribution in [0.3, 0.4) is 0 Å². The van der Waals surface area contributed by atoms with E-state index < -0.39 is 0 Å². The number of hydrogen-bond donors (Lipinski definition) is 1. The van der Waals surface area contributed by atoms with Gasteiger partial charge in [-0.1, -0.05) is 44.2 Å². The third-order valence-corrected chi connectivity index (χ3v) is 3.42. The molecule has 0 aliphatic carbocycles. The van der Waals surface area contributed by atoms with E-state index in [0.717, 1.165) is 22.1 Å². The van der Waals surface area contributed by atoms with Crippen LogP contribution in [-0.4, -0.2) is 5.91 Å². The Morgan fingerprint density at radius 2 is 2.06 bits per heavy atom. The van der Waals surface area contributed by atoms with Crippen LogP contribution in [-0.2, 0) is 4.79 Å². The largest absolute Gasteiger partial charge is 0.314 e. The molecule has 0 fully saturated rings. The Kier molecular flexibility index (Phi) is 7.51. The number of carbonyl (C=O) groups is 1. The van der Waals surface area contributed by atoms with Gasteiger partial charge in [0.25, 0.3) is 5.91 Å². The van der Waals surface area contributed by atoms with Crippen LogP contribution in [0.15, 0.2) is 24.3 Å². The summed E-state index contributed by atoms with van der Waals surface area (Å²) in [5.41, 5.74) is 0.823. The summed E-state index contributed by atoms with van der Waals surface area (Å²) in [6.45, 7) is 2.18. The minimum absolute atomic E-state index is 0.227. The summed E-state index contributed by atoms with van der Waals surface area (Å²) in [5, 5.41) is 2.79. The molecule has 2 nitrogen and oxygen atoms in total. The molecule has 0 unspecified atom stereocenters. The Bertz CT molecular complexity index is 445. The van der Waals surface area contributed by atoms with Gasteiger partial charge in [0.1, 0.15) is 0 Å². The van der Waals surface area contributed by atoms with Crippen LogP contribution < -0.4 is 5.32 Å². The van der Waals surface area contributed by atoms with Crippen molar-refractivity contribution in [3.63, 3.8) is 0 Å². The van der Waals surface area contributed by atoms with Crippen LogP contribution in [0, 0.1) is 15.4 Å². The summed E-state index contributed by atoms with van der Waals surface area (Å²) in [6.07, 6.45) is 5.55. The van der Waals surface area contributed by atoms with Gasteiger partial charge in [0, 0.05) is 9.99 Å². The predicted octanol–water partition coefficient (Wildman–Crippen LogP) is 4.20. The Morgan fingerprint density at radius 3 is 2.78 bits per heavy atom. The molecule has 1 aromatic carbocycles. The van der Waals surface area contributed by atoms with Gasteiger partial charge in [-0.15, -0.1) is 0 Å². The first-order chi connectivity index (χ1) is 8.74. The first-order valence-electron chi connectivity index (χ1n) is 6.28. The molecule has 0 spiro atoms. The average Bonchev–Trinajstić information content (AvgIpc) is 2.36. The molecule has 0 saturated carbocycles. The maximum Gasteiger partial charge on any atom is 0.300 e. The van der Waals surface area contributed by atoms with Crippen molar-refractivity contribution in [1.29, 1.82) is 0 Å². The van der Waals surface area contributed by atoms with E-state index >= 15 is 0 Å². The van der Waals surface area contributed by atoms with E-state index in [1.54, 1.807) is 0 Å². The van der Waals surface area contributed by atoms with Crippen LogP contribution >= 0.6 is 22.6 Å². The fourth-order valence-corrected chi connectivity index (χ4v) is 2.02. The van der Waals surface area contributed by atoms with Crippen LogP contribution in [0.4, 0.5) is 5.69 Å². The number of para-hydroxylation sites is 1. The Balaban J connectivity index is 2.34.